The summed E-state index contributed by atoms with van der Waals surface area (Å²) in [6.45, 7) is 1.74. The first-order chi connectivity index (χ1) is 12.9. The van der Waals surface area contributed by atoms with Gasteiger partial charge in [-0.1, -0.05) is 25.0 Å². The molecule has 0 spiro atoms. The molecule has 4 rings (SSSR count). The minimum absolute atomic E-state index is 0.115. The van der Waals surface area contributed by atoms with E-state index in [9.17, 15) is 18.3 Å². The second kappa shape index (κ2) is 6.76. The van der Waals surface area contributed by atoms with Gasteiger partial charge in [-0.15, -0.1) is 0 Å². The fraction of sp³-hybridized carbons (Fsp3) is 0.474. The Morgan fingerprint density at radius 2 is 1.93 bits per heavy atom. The van der Waals surface area contributed by atoms with Crippen LogP contribution in [0.15, 0.2) is 39.8 Å². The topological polar surface area (TPSA) is 101 Å². The first-order valence-corrected chi connectivity index (χ1v) is 10.6. The number of carbonyl (C=O) groups is 1. The fourth-order valence-electron chi connectivity index (χ4n) is 4.39. The van der Waals surface area contributed by atoms with Gasteiger partial charge < -0.3 is 9.52 Å². The average molecular weight is 390 g/mol. The Labute approximate surface area is 158 Å². The lowest BCUT2D eigenvalue weighted by molar-refractivity contribution is -0.141. The van der Waals surface area contributed by atoms with Crippen LogP contribution in [0.2, 0.25) is 0 Å². The van der Waals surface area contributed by atoms with E-state index in [1.165, 1.54) is 22.7 Å². The summed E-state index contributed by atoms with van der Waals surface area (Å²) in [7, 11) is -3.89. The fourth-order valence-corrected chi connectivity index (χ4v) is 6.26. The predicted molar refractivity (Wildman–Crippen MR) is 97.5 cm³/mol. The van der Waals surface area contributed by atoms with Crippen LogP contribution in [0.4, 0.5) is 0 Å². The minimum atomic E-state index is -3.89. The summed E-state index contributed by atoms with van der Waals surface area (Å²) in [5.41, 5.74) is 1.38. The smallest absolute Gasteiger partial charge is 0.322 e. The van der Waals surface area contributed by atoms with Crippen LogP contribution in [0, 0.1) is 12.8 Å². The zero-order valence-electron chi connectivity index (χ0n) is 15.0. The molecular weight excluding hydrogens is 368 g/mol. The van der Waals surface area contributed by atoms with Crippen LogP contribution in [0.3, 0.4) is 0 Å². The van der Waals surface area contributed by atoms with Gasteiger partial charge in [0.25, 0.3) is 0 Å². The molecule has 2 heterocycles. The van der Waals surface area contributed by atoms with E-state index in [4.69, 9.17) is 4.42 Å². The van der Waals surface area contributed by atoms with Crippen molar-refractivity contribution in [2.24, 2.45) is 5.92 Å². The maximum absolute atomic E-state index is 13.3. The molecule has 8 heteroatoms. The Kier molecular flexibility index (Phi) is 4.55. The SMILES string of the molecule is Cc1nc(-c2ccc(S(=O)(=O)N3C(C(=O)O)CC4CCCCC43)cc2)co1. The monoisotopic (exact) mass is 390 g/mol. The number of oxazole rings is 1. The van der Waals surface area contributed by atoms with Gasteiger partial charge in [-0.2, -0.15) is 4.31 Å². The number of benzene rings is 1. The molecule has 2 fully saturated rings. The highest BCUT2D eigenvalue weighted by atomic mass is 32.2. The van der Waals surface area contributed by atoms with Crippen molar-refractivity contribution >= 4 is 16.0 Å². The first kappa shape index (κ1) is 18.2. The quantitative estimate of drug-likeness (QED) is 0.861. The van der Waals surface area contributed by atoms with E-state index in [0.29, 0.717) is 18.0 Å². The van der Waals surface area contributed by atoms with Gasteiger partial charge >= 0.3 is 5.97 Å². The van der Waals surface area contributed by atoms with Crippen molar-refractivity contribution in [2.75, 3.05) is 0 Å². The Morgan fingerprint density at radius 3 is 2.56 bits per heavy atom. The molecule has 3 unspecified atom stereocenters. The highest BCUT2D eigenvalue weighted by Gasteiger charge is 2.51. The maximum atomic E-state index is 13.3. The van der Waals surface area contributed by atoms with Crippen molar-refractivity contribution in [2.45, 2.75) is 56.0 Å². The van der Waals surface area contributed by atoms with Crippen molar-refractivity contribution in [3.63, 3.8) is 0 Å². The van der Waals surface area contributed by atoms with Crippen molar-refractivity contribution in [1.29, 1.82) is 0 Å². The van der Waals surface area contributed by atoms with Gasteiger partial charge in [0.2, 0.25) is 10.0 Å². The van der Waals surface area contributed by atoms with Gasteiger partial charge in [0.15, 0.2) is 5.89 Å². The first-order valence-electron chi connectivity index (χ1n) is 9.17. The minimum Gasteiger partial charge on any atom is -0.480 e. The van der Waals surface area contributed by atoms with E-state index in [1.807, 2.05) is 0 Å². The Morgan fingerprint density at radius 1 is 1.22 bits per heavy atom. The summed E-state index contributed by atoms with van der Waals surface area (Å²) in [6, 6.07) is 5.18. The Bertz CT molecular complexity index is 951. The summed E-state index contributed by atoms with van der Waals surface area (Å²) in [5, 5.41) is 9.61. The van der Waals surface area contributed by atoms with Gasteiger partial charge in [-0.05, 0) is 37.3 Å². The molecule has 1 saturated heterocycles. The van der Waals surface area contributed by atoms with Gasteiger partial charge in [0, 0.05) is 18.5 Å². The molecule has 1 aliphatic carbocycles. The molecular formula is C19H22N2O5S. The van der Waals surface area contributed by atoms with Crippen LogP contribution in [-0.4, -0.2) is 40.9 Å². The number of carboxylic acids is 1. The maximum Gasteiger partial charge on any atom is 0.322 e. The number of fused-ring (bicyclic) bond motifs is 1. The summed E-state index contributed by atoms with van der Waals surface area (Å²) in [4.78, 5) is 16.1. The summed E-state index contributed by atoms with van der Waals surface area (Å²) >= 11 is 0. The Hall–Kier alpha value is -2.19. The average Bonchev–Trinajstić information content (AvgIpc) is 3.26. The van der Waals surface area contributed by atoms with E-state index >= 15 is 0 Å². The third-order valence-corrected chi connectivity index (χ3v) is 7.61. The standard InChI is InChI=1S/C19H22N2O5S/c1-12-20-16(11-26-12)13-6-8-15(9-7-13)27(24,25)21-17-5-3-2-4-14(17)10-18(21)19(22)23/h6-9,11,14,17-18H,2-5,10H2,1H3,(H,22,23). The van der Waals surface area contributed by atoms with Crippen molar-refractivity contribution in [1.82, 2.24) is 9.29 Å². The zero-order chi connectivity index (χ0) is 19.2. The van der Waals surface area contributed by atoms with E-state index in [-0.39, 0.29) is 16.9 Å². The van der Waals surface area contributed by atoms with Crippen LogP contribution in [0.25, 0.3) is 11.3 Å². The van der Waals surface area contributed by atoms with Crippen LogP contribution in [-0.2, 0) is 14.8 Å². The molecule has 1 aromatic carbocycles. The number of hydrogen-bond donors (Lipinski definition) is 1. The molecule has 3 atom stereocenters. The number of rotatable bonds is 4. The van der Waals surface area contributed by atoms with E-state index in [0.717, 1.165) is 31.2 Å². The summed E-state index contributed by atoms with van der Waals surface area (Å²) in [5.74, 6) is -0.402. The zero-order valence-corrected chi connectivity index (χ0v) is 15.9. The molecule has 27 heavy (non-hydrogen) atoms. The Balaban J connectivity index is 1.68. The second-order valence-electron chi connectivity index (χ2n) is 7.31. The van der Waals surface area contributed by atoms with Crippen molar-refractivity contribution < 1.29 is 22.7 Å². The molecule has 0 radical (unpaired) electrons. The number of nitrogens with zero attached hydrogens (tertiary/aromatic N) is 2. The van der Waals surface area contributed by atoms with Crippen LogP contribution in [0.1, 0.15) is 38.0 Å². The second-order valence-corrected chi connectivity index (χ2v) is 9.16. The van der Waals surface area contributed by atoms with E-state index in [1.54, 1.807) is 19.1 Å². The normalized spacial score (nSPS) is 26.0. The lowest BCUT2D eigenvalue weighted by Gasteiger charge is -2.32. The molecule has 0 amide bonds. The number of hydrogen-bond acceptors (Lipinski definition) is 5. The van der Waals surface area contributed by atoms with Gasteiger partial charge in [-0.3, -0.25) is 4.79 Å². The molecule has 2 aromatic rings. The van der Waals surface area contributed by atoms with Crippen LogP contribution >= 0.6 is 0 Å². The van der Waals surface area contributed by atoms with Crippen molar-refractivity contribution in [3.05, 3.63) is 36.4 Å². The van der Waals surface area contributed by atoms with Crippen LogP contribution in [0.5, 0.6) is 0 Å². The lowest BCUT2D eigenvalue weighted by atomic mass is 9.85. The summed E-state index contributed by atoms with van der Waals surface area (Å²) < 4.78 is 33.0. The van der Waals surface area contributed by atoms with Crippen LogP contribution < -0.4 is 0 Å². The largest absolute Gasteiger partial charge is 0.480 e. The highest BCUT2D eigenvalue weighted by Crippen LogP contribution is 2.42. The number of aryl methyl sites for hydroxylation is 1. The van der Waals surface area contributed by atoms with Gasteiger partial charge in [0.05, 0.1) is 4.90 Å². The third kappa shape index (κ3) is 3.17. The molecule has 0 bridgehead atoms. The molecule has 1 aromatic heterocycles. The summed E-state index contributed by atoms with van der Waals surface area (Å²) in [6.07, 6.45) is 5.51. The van der Waals surface area contributed by atoms with E-state index in [2.05, 4.69) is 4.98 Å². The lowest BCUT2D eigenvalue weighted by Crippen LogP contribution is -2.46. The predicted octanol–water partition coefficient (Wildman–Crippen LogP) is 3.06. The molecule has 144 valence electrons. The molecule has 1 aliphatic heterocycles. The number of carboxylic acid groups (broad SMARTS) is 1. The highest BCUT2D eigenvalue weighted by molar-refractivity contribution is 7.89. The molecule has 1 saturated carbocycles. The molecule has 2 aliphatic rings. The third-order valence-electron chi connectivity index (χ3n) is 5.66. The number of sulfonamides is 1. The number of aromatic nitrogens is 1. The van der Waals surface area contributed by atoms with Crippen molar-refractivity contribution in [3.8, 4) is 11.3 Å². The molecule has 1 N–H and O–H groups in total. The van der Waals surface area contributed by atoms with Gasteiger partial charge in [-0.25, -0.2) is 13.4 Å². The number of aliphatic carboxylic acids is 1. The van der Waals surface area contributed by atoms with E-state index < -0.39 is 22.0 Å². The molecule has 7 nitrogen and oxygen atoms in total. The van der Waals surface area contributed by atoms with Gasteiger partial charge in [0.1, 0.15) is 18.0 Å².